The third-order valence-electron chi connectivity index (χ3n) is 0.545. The second kappa shape index (κ2) is 11.4. The summed E-state index contributed by atoms with van der Waals surface area (Å²) >= 11 is 1.42. The number of aliphatic imine (C=N–C) groups is 1. The molecule has 2 nitrogen and oxygen atoms in total. The van der Waals surface area contributed by atoms with Gasteiger partial charge in [-0.3, -0.25) is 4.99 Å². The summed E-state index contributed by atoms with van der Waals surface area (Å²) in [7, 11) is 1.67. The van der Waals surface area contributed by atoms with Crippen LogP contribution in [-0.4, -0.2) is 12.2 Å². The maximum Gasteiger partial charge on any atom is 0.157 e. The quantitative estimate of drug-likeness (QED) is 0.472. The minimum absolute atomic E-state index is 0.600. The van der Waals surface area contributed by atoms with Gasteiger partial charge in [-0.05, 0) is 12.3 Å². The van der Waals surface area contributed by atoms with Gasteiger partial charge in [-0.15, -0.1) is 0 Å². The fourth-order valence-corrected chi connectivity index (χ4v) is 0.571. The van der Waals surface area contributed by atoms with Crippen LogP contribution in [0.15, 0.2) is 16.5 Å². The third-order valence-corrected chi connectivity index (χ3v) is 1.38. The summed E-state index contributed by atoms with van der Waals surface area (Å²) in [5.74, 6) is 0. The highest BCUT2D eigenvalue weighted by molar-refractivity contribution is 8.16. The lowest BCUT2D eigenvalue weighted by Crippen LogP contribution is -2.03. The molecule has 0 aliphatic carbocycles. The Hall–Kier alpha value is -0.440. The van der Waals surface area contributed by atoms with E-state index in [9.17, 15) is 0 Å². The van der Waals surface area contributed by atoms with Crippen LogP contribution in [0.3, 0.4) is 0 Å². The van der Waals surface area contributed by atoms with Gasteiger partial charge in [0.05, 0.1) is 0 Å². The zero-order valence-corrected chi connectivity index (χ0v) is 7.90. The second-order valence-electron chi connectivity index (χ2n) is 1.15. The summed E-state index contributed by atoms with van der Waals surface area (Å²) in [4.78, 5) is 3.73. The summed E-state index contributed by atoms with van der Waals surface area (Å²) in [5, 5.41) is 2.49. The Morgan fingerprint density at radius 2 is 2.00 bits per heavy atom. The molecule has 0 radical (unpaired) electrons. The molecule has 0 spiro atoms. The van der Waals surface area contributed by atoms with Crippen molar-refractivity contribution in [2.24, 2.45) is 10.7 Å². The number of nitrogens with zero attached hydrogens (tertiary/aromatic N) is 1. The Bertz CT molecular complexity index is 108. The Balaban J connectivity index is 0. The van der Waals surface area contributed by atoms with E-state index in [1.807, 2.05) is 32.3 Å². The van der Waals surface area contributed by atoms with E-state index in [4.69, 9.17) is 5.73 Å². The second-order valence-corrected chi connectivity index (χ2v) is 2.08. The summed E-state index contributed by atoms with van der Waals surface area (Å²) in [5.41, 5.74) is 5.32. The molecular formula is C7H16N2S. The van der Waals surface area contributed by atoms with E-state index in [1.165, 1.54) is 11.8 Å². The first-order chi connectivity index (χ1) is 4.81. The molecule has 0 aromatic carbocycles. The molecule has 0 aliphatic rings. The molecule has 0 bridgehead atoms. The van der Waals surface area contributed by atoms with E-state index in [-0.39, 0.29) is 0 Å². The molecule has 0 saturated carbocycles. The van der Waals surface area contributed by atoms with Gasteiger partial charge in [-0.1, -0.05) is 31.7 Å². The van der Waals surface area contributed by atoms with Crippen LogP contribution in [0.5, 0.6) is 0 Å². The van der Waals surface area contributed by atoms with Crippen molar-refractivity contribution < 1.29 is 0 Å². The topological polar surface area (TPSA) is 38.4 Å². The van der Waals surface area contributed by atoms with Gasteiger partial charge in [0.25, 0.3) is 0 Å². The third kappa shape index (κ3) is 10.5. The average Bonchev–Trinajstić information content (AvgIpc) is 2.04. The van der Waals surface area contributed by atoms with Crippen LogP contribution in [0.25, 0.3) is 0 Å². The standard InChI is InChI=1S/C5H10N2S.C2H6/c1-3-4-8-5(6)7-2;1-2/h3-4H,1-2H3,(H2,6,7);1-2H3/b4-3+;. The predicted molar refractivity (Wildman–Crippen MR) is 51.3 cm³/mol. The number of hydrogen-bond donors (Lipinski definition) is 1. The number of amidine groups is 1. The molecule has 0 heterocycles. The molecule has 0 aliphatic heterocycles. The number of rotatable bonds is 1. The SMILES string of the molecule is C/C=C/SC(N)=NC.CC. The predicted octanol–water partition coefficient (Wildman–Crippen LogP) is 2.22. The van der Waals surface area contributed by atoms with E-state index < -0.39 is 0 Å². The van der Waals surface area contributed by atoms with Gasteiger partial charge in [0, 0.05) is 7.05 Å². The minimum atomic E-state index is 0.600. The number of thioether (sulfide) groups is 1. The maximum atomic E-state index is 5.32. The van der Waals surface area contributed by atoms with Crippen molar-refractivity contribution >= 4 is 16.9 Å². The van der Waals surface area contributed by atoms with Crippen LogP contribution in [0.4, 0.5) is 0 Å². The van der Waals surface area contributed by atoms with Crippen molar-refractivity contribution in [3.63, 3.8) is 0 Å². The highest BCUT2D eigenvalue weighted by Gasteiger charge is 1.80. The molecule has 0 aromatic rings. The molecule has 0 amide bonds. The maximum absolute atomic E-state index is 5.32. The molecule has 0 fully saturated rings. The van der Waals surface area contributed by atoms with Gasteiger partial charge >= 0.3 is 0 Å². The van der Waals surface area contributed by atoms with E-state index in [1.54, 1.807) is 7.05 Å². The van der Waals surface area contributed by atoms with Crippen LogP contribution in [0.1, 0.15) is 20.8 Å². The van der Waals surface area contributed by atoms with Gasteiger partial charge in [0.2, 0.25) is 0 Å². The normalized spacial score (nSPS) is 11.0. The highest BCUT2D eigenvalue weighted by atomic mass is 32.2. The van der Waals surface area contributed by atoms with Crippen molar-refractivity contribution in [2.45, 2.75) is 20.8 Å². The molecule has 2 N–H and O–H groups in total. The molecule has 0 atom stereocenters. The van der Waals surface area contributed by atoms with Crippen molar-refractivity contribution in [3.8, 4) is 0 Å². The molecule has 0 rings (SSSR count). The number of allylic oxidation sites excluding steroid dienone is 1. The molecule has 3 heteroatoms. The van der Waals surface area contributed by atoms with Crippen LogP contribution in [-0.2, 0) is 0 Å². The lowest BCUT2D eigenvalue weighted by Gasteiger charge is -1.87. The van der Waals surface area contributed by atoms with Gasteiger partial charge in [0.1, 0.15) is 0 Å². The van der Waals surface area contributed by atoms with Crippen LogP contribution in [0.2, 0.25) is 0 Å². The zero-order valence-electron chi connectivity index (χ0n) is 7.09. The van der Waals surface area contributed by atoms with E-state index in [0.717, 1.165) is 0 Å². The van der Waals surface area contributed by atoms with E-state index in [0.29, 0.717) is 5.17 Å². The Kier molecular flexibility index (Phi) is 13.9. The molecule has 60 valence electrons. The lowest BCUT2D eigenvalue weighted by molar-refractivity contribution is 1.44. The van der Waals surface area contributed by atoms with Crippen molar-refractivity contribution in [1.82, 2.24) is 0 Å². The minimum Gasteiger partial charge on any atom is -0.378 e. The van der Waals surface area contributed by atoms with Gasteiger partial charge in [0.15, 0.2) is 5.17 Å². The molecular weight excluding hydrogens is 144 g/mol. The fraction of sp³-hybridized carbons (Fsp3) is 0.571. The highest BCUT2D eigenvalue weighted by Crippen LogP contribution is 1.99. The summed E-state index contributed by atoms with van der Waals surface area (Å²) in [6.45, 7) is 5.94. The van der Waals surface area contributed by atoms with Crippen LogP contribution >= 0.6 is 11.8 Å². The Morgan fingerprint density at radius 1 is 1.50 bits per heavy atom. The Labute approximate surface area is 67.6 Å². The average molecular weight is 160 g/mol. The fourth-order valence-electron chi connectivity index (χ4n) is 0.190. The molecule has 0 saturated heterocycles. The molecule has 10 heavy (non-hydrogen) atoms. The molecule has 0 unspecified atom stereocenters. The molecule has 0 aromatic heterocycles. The zero-order chi connectivity index (χ0) is 8.41. The largest absolute Gasteiger partial charge is 0.378 e. The van der Waals surface area contributed by atoms with Crippen molar-refractivity contribution in [2.75, 3.05) is 7.05 Å². The first-order valence-electron chi connectivity index (χ1n) is 3.31. The van der Waals surface area contributed by atoms with Crippen molar-refractivity contribution in [3.05, 3.63) is 11.5 Å². The van der Waals surface area contributed by atoms with Gasteiger partial charge < -0.3 is 5.73 Å². The van der Waals surface area contributed by atoms with E-state index in [2.05, 4.69) is 4.99 Å². The first-order valence-corrected chi connectivity index (χ1v) is 4.19. The lowest BCUT2D eigenvalue weighted by atomic mass is 10.8. The van der Waals surface area contributed by atoms with E-state index >= 15 is 0 Å². The van der Waals surface area contributed by atoms with Gasteiger partial charge in [-0.2, -0.15) is 0 Å². The van der Waals surface area contributed by atoms with Crippen LogP contribution < -0.4 is 5.73 Å². The number of hydrogen-bond acceptors (Lipinski definition) is 2. The first kappa shape index (κ1) is 12.3. The van der Waals surface area contributed by atoms with Gasteiger partial charge in [-0.25, -0.2) is 0 Å². The van der Waals surface area contributed by atoms with Crippen LogP contribution in [0, 0.1) is 0 Å². The number of nitrogens with two attached hydrogens (primary N) is 1. The summed E-state index contributed by atoms with van der Waals surface area (Å²) in [6, 6.07) is 0. The Morgan fingerprint density at radius 3 is 2.30 bits per heavy atom. The summed E-state index contributed by atoms with van der Waals surface area (Å²) < 4.78 is 0. The smallest absolute Gasteiger partial charge is 0.157 e. The summed E-state index contributed by atoms with van der Waals surface area (Å²) in [6.07, 6.45) is 1.92. The monoisotopic (exact) mass is 160 g/mol. The van der Waals surface area contributed by atoms with Crippen molar-refractivity contribution in [1.29, 1.82) is 0 Å².